The number of rotatable bonds is 3. The maximum Gasteiger partial charge on any atom is 0.325 e. The van der Waals surface area contributed by atoms with E-state index in [2.05, 4.69) is 10.3 Å². The number of fused-ring (bicyclic) bond motifs is 1. The Kier molecular flexibility index (Phi) is 4.13. The van der Waals surface area contributed by atoms with Gasteiger partial charge < -0.3 is 10.4 Å². The number of pyridine rings is 1. The largest absolute Gasteiger partial charge is 0.480 e. The standard InChI is InChI=1S/C16H19N3O2/c20-16(21)15(19-8-3-6-17-7-9-19)14-11-18-10-12-4-1-2-5-13(12)14/h1-2,4-5,10-11,15,17H,3,6-9H2,(H,20,21). The van der Waals surface area contributed by atoms with Gasteiger partial charge in [-0.3, -0.25) is 14.7 Å². The molecule has 1 aromatic carbocycles. The van der Waals surface area contributed by atoms with E-state index in [4.69, 9.17) is 0 Å². The highest BCUT2D eigenvalue weighted by Gasteiger charge is 2.29. The second-order valence-electron chi connectivity index (χ2n) is 5.33. The van der Waals surface area contributed by atoms with Crippen LogP contribution in [0.3, 0.4) is 0 Å². The zero-order valence-electron chi connectivity index (χ0n) is 11.8. The quantitative estimate of drug-likeness (QED) is 0.898. The minimum absolute atomic E-state index is 0.636. The van der Waals surface area contributed by atoms with Crippen molar-refractivity contribution < 1.29 is 9.90 Å². The molecule has 0 amide bonds. The monoisotopic (exact) mass is 285 g/mol. The first-order chi connectivity index (χ1) is 10.3. The van der Waals surface area contributed by atoms with Crippen molar-refractivity contribution in [2.75, 3.05) is 26.2 Å². The summed E-state index contributed by atoms with van der Waals surface area (Å²) in [5.74, 6) is -0.810. The van der Waals surface area contributed by atoms with Crippen LogP contribution in [0, 0.1) is 0 Å². The van der Waals surface area contributed by atoms with E-state index in [0.29, 0.717) is 0 Å². The van der Waals surface area contributed by atoms with Gasteiger partial charge in [-0.2, -0.15) is 0 Å². The minimum atomic E-state index is -0.810. The van der Waals surface area contributed by atoms with Crippen molar-refractivity contribution in [3.8, 4) is 0 Å². The van der Waals surface area contributed by atoms with E-state index in [1.165, 1.54) is 0 Å². The van der Waals surface area contributed by atoms with Gasteiger partial charge in [0.15, 0.2) is 0 Å². The molecule has 1 saturated heterocycles. The summed E-state index contributed by atoms with van der Waals surface area (Å²) in [5.41, 5.74) is 0.780. The average molecular weight is 285 g/mol. The van der Waals surface area contributed by atoms with Gasteiger partial charge in [-0.1, -0.05) is 24.3 Å². The SMILES string of the molecule is O=C(O)C(c1cncc2ccccc12)N1CCCNCC1. The van der Waals surface area contributed by atoms with Crippen molar-refractivity contribution >= 4 is 16.7 Å². The maximum absolute atomic E-state index is 11.9. The summed E-state index contributed by atoms with van der Waals surface area (Å²) in [4.78, 5) is 18.1. The first kappa shape index (κ1) is 14.0. The molecule has 1 unspecified atom stereocenters. The number of carbonyl (C=O) groups is 1. The van der Waals surface area contributed by atoms with Gasteiger partial charge in [0.1, 0.15) is 6.04 Å². The summed E-state index contributed by atoms with van der Waals surface area (Å²) >= 11 is 0. The van der Waals surface area contributed by atoms with Crippen LogP contribution >= 0.6 is 0 Å². The molecule has 2 aromatic rings. The van der Waals surface area contributed by atoms with Crippen LogP contribution < -0.4 is 5.32 Å². The van der Waals surface area contributed by atoms with Crippen LogP contribution in [-0.2, 0) is 4.79 Å². The van der Waals surface area contributed by atoms with Gasteiger partial charge in [0.25, 0.3) is 0 Å². The van der Waals surface area contributed by atoms with E-state index in [0.717, 1.165) is 48.9 Å². The molecular formula is C16H19N3O2. The molecule has 0 radical (unpaired) electrons. The Morgan fingerprint density at radius 2 is 2.10 bits per heavy atom. The average Bonchev–Trinajstić information content (AvgIpc) is 2.77. The third kappa shape index (κ3) is 2.89. The lowest BCUT2D eigenvalue weighted by Gasteiger charge is -2.28. The highest BCUT2D eigenvalue weighted by atomic mass is 16.4. The number of carboxylic acids is 1. The summed E-state index contributed by atoms with van der Waals surface area (Å²) in [5, 5.41) is 15.0. The Balaban J connectivity index is 2.05. The normalized spacial score (nSPS) is 18.3. The number of benzene rings is 1. The molecule has 1 aliphatic rings. The molecule has 1 atom stereocenters. The van der Waals surface area contributed by atoms with Gasteiger partial charge in [-0.05, 0) is 18.4 Å². The maximum atomic E-state index is 11.9. The van der Waals surface area contributed by atoms with Gasteiger partial charge >= 0.3 is 5.97 Å². The first-order valence-corrected chi connectivity index (χ1v) is 7.27. The molecule has 0 saturated carbocycles. The van der Waals surface area contributed by atoms with E-state index in [1.54, 1.807) is 12.4 Å². The molecule has 0 bridgehead atoms. The lowest BCUT2D eigenvalue weighted by molar-refractivity contribution is -0.143. The molecule has 1 aromatic heterocycles. The Labute approximate surface area is 123 Å². The Bertz CT molecular complexity index is 631. The summed E-state index contributed by atoms with van der Waals surface area (Å²) in [6.07, 6.45) is 4.43. The summed E-state index contributed by atoms with van der Waals surface area (Å²) in [6.45, 7) is 3.28. The zero-order chi connectivity index (χ0) is 14.7. The van der Waals surface area contributed by atoms with Crippen LogP contribution in [0.15, 0.2) is 36.7 Å². The fraction of sp³-hybridized carbons (Fsp3) is 0.375. The van der Waals surface area contributed by atoms with Gasteiger partial charge in [0.05, 0.1) is 0 Å². The number of nitrogens with one attached hydrogen (secondary N) is 1. The van der Waals surface area contributed by atoms with E-state index in [-0.39, 0.29) is 0 Å². The first-order valence-electron chi connectivity index (χ1n) is 7.27. The van der Waals surface area contributed by atoms with E-state index >= 15 is 0 Å². The number of nitrogens with zero attached hydrogens (tertiary/aromatic N) is 2. The van der Waals surface area contributed by atoms with E-state index in [1.807, 2.05) is 29.2 Å². The van der Waals surface area contributed by atoms with Crippen molar-refractivity contribution in [2.45, 2.75) is 12.5 Å². The zero-order valence-corrected chi connectivity index (χ0v) is 11.8. The molecule has 110 valence electrons. The van der Waals surface area contributed by atoms with Crippen LogP contribution in [0.25, 0.3) is 10.8 Å². The van der Waals surface area contributed by atoms with Crippen LogP contribution in [0.5, 0.6) is 0 Å². The third-order valence-corrected chi connectivity index (χ3v) is 3.97. The lowest BCUT2D eigenvalue weighted by atomic mass is 10.00. The Morgan fingerprint density at radius 1 is 1.24 bits per heavy atom. The molecule has 1 fully saturated rings. The number of hydrogen-bond donors (Lipinski definition) is 2. The number of aliphatic carboxylic acids is 1. The van der Waals surface area contributed by atoms with Crippen molar-refractivity contribution in [2.24, 2.45) is 0 Å². The molecular weight excluding hydrogens is 266 g/mol. The Morgan fingerprint density at radius 3 is 2.95 bits per heavy atom. The molecule has 2 heterocycles. The minimum Gasteiger partial charge on any atom is -0.480 e. The van der Waals surface area contributed by atoms with Crippen molar-refractivity contribution in [3.05, 3.63) is 42.2 Å². The van der Waals surface area contributed by atoms with Crippen molar-refractivity contribution in [3.63, 3.8) is 0 Å². The van der Waals surface area contributed by atoms with Gasteiger partial charge in [-0.25, -0.2) is 0 Å². The van der Waals surface area contributed by atoms with E-state index in [9.17, 15) is 9.90 Å². The fourth-order valence-electron chi connectivity index (χ4n) is 2.97. The fourth-order valence-corrected chi connectivity index (χ4v) is 2.97. The summed E-state index contributed by atoms with van der Waals surface area (Å²) < 4.78 is 0. The smallest absolute Gasteiger partial charge is 0.325 e. The molecule has 5 heteroatoms. The van der Waals surface area contributed by atoms with E-state index < -0.39 is 12.0 Å². The van der Waals surface area contributed by atoms with Crippen molar-refractivity contribution in [1.82, 2.24) is 15.2 Å². The van der Waals surface area contributed by atoms with Crippen LogP contribution in [-0.4, -0.2) is 47.1 Å². The van der Waals surface area contributed by atoms with Gasteiger partial charge in [0, 0.05) is 43.0 Å². The molecule has 0 aliphatic carbocycles. The predicted molar refractivity (Wildman–Crippen MR) is 81.2 cm³/mol. The number of carboxylic acid groups (broad SMARTS) is 1. The third-order valence-electron chi connectivity index (χ3n) is 3.97. The highest BCUT2D eigenvalue weighted by molar-refractivity contribution is 5.89. The summed E-state index contributed by atoms with van der Waals surface area (Å²) in [6, 6.07) is 7.19. The number of aromatic nitrogens is 1. The molecule has 21 heavy (non-hydrogen) atoms. The van der Waals surface area contributed by atoms with Crippen LogP contribution in [0.2, 0.25) is 0 Å². The highest BCUT2D eigenvalue weighted by Crippen LogP contribution is 2.28. The van der Waals surface area contributed by atoms with Crippen LogP contribution in [0.4, 0.5) is 0 Å². The summed E-state index contributed by atoms with van der Waals surface area (Å²) in [7, 11) is 0. The van der Waals surface area contributed by atoms with Gasteiger partial charge in [0.2, 0.25) is 0 Å². The molecule has 0 spiro atoms. The number of hydrogen-bond acceptors (Lipinski definition) is 4. The molecule has 1 aliphatic heterocycles. The molecule has 2 N–H and O–H groups in total. The second-order valence-corrected chi connectivity index (χ2v) is 5.33. The molecule has 3 rings (SSSR count). The lowest BCUT2D eigenvalue weighted by Crippen LogP contribution is -2.36. The van der Waals surface area contributed by atoms with Gasteiger partial charge in [-0.15, -0.1) is 0 Å². The Hall–Kier alpha value is -1.98. The second kappa shape index (κ2) is 6.20. The van der Waals surface area contributed by atoms with Crippen molar-refractivity contribution in [1.29, 1.82) is 0 Å². The topological polar surface area (TPSA) is 65.5 Å². The predicted octanol–water partition coefficient (Wildman–Crippen LogP) is 1.66. The molecule has 5 nitrogen and oxygen atoms in total. The van der Waals surface area contributed by atoms with Crippen LogP contribution in [0.1, 0.15) is 18.0 Å².